The van der Waals surface area contributed by atoms with E-state index in [1.807, 2.05) is 6.92 Å². The van der Waals surface area contributed by atoms with Gasteiger partial charge in [-0.2, -0.15) is 0 Å². The predicted octanol–water partition coefficient (Wildman–Crippen LogP) is 16.0. The van der Waals surface area contributed by atoms with E-state index in [1.165, 1.54) is 24.3 Å². The molecule has 0 saturated carbocycles. The SMILES string of the molecule is C=CC(=O)OCCCCCCOc1ccc(C(=O)Oc2ccc(-c3ccc(Oc4cc(NS(=O)c5ccc(C)cc5)c5c(c4N)C(=O)c4c(N)c(Oc6ccc(-c7ccc(OC(=O)c8ccc(OCCCCCCOC(=O)C=C)cc8)cc7)cc6)cc(NS(=O)(=O)c6ccc(C)cc6)c4C5=O)cc3)cc2)cc1.O. The molecule has 24 heteroatoms. The molecule has 0 saturated heterocycles. The Balaban J connectivity index is 0.0000124. The van der Waals surface area contributed by atoms with E-state index in [0.717, 1.165) is 96.9 Å². The molecule has 0 bridgehead atoms. The Morgan fingerprint density at radius 3 is 1.18 bits per heavy atom. The van der Waals surface area contributed by atoms with Gasteiger partial charge in [0.2, 0.25) is 0 Å². The number of benzene rings is 10. The number of esters is 4. The summed E-state index contributed by atoms with van der Waals surface area (Å²) in [5, 5.41) is 0. The Kier molecular flexibility index (Phi) is 26.3. The van der Waals surface area contributed by atoms with Gasteiger partial charge < -0.3 is 59.6 Å². The molecule has 1 aliphatic rings. The second-order valence-corrected chi connectivity index (χ2v) is 27.7. The van der Waals surface area contributed by atoms with Crippen molar-refractivity contribution in [2.45, 2.75) is 75.0 Å². The number of nitrogen functional groups attached to an aromatic ring is 2. The van der Waals surface area contributed by atoms with Crippen molar-refractivity contribution in [3.05, 3.63) is 276 Å². The molecule has 10 aromatic rings. The van der Waals surface area contributed by atoms with Crippen LogP contribution < -0.4 is 49.3 Å². The number of ketones is 2. The van der Waals surface area contributed by atoms with Gasteiger partial charge in [0.15, 0.2) is 23.1 Å². The third-order valence-corrected chi connectivity index (χ3v) is 19.6. The average molecular weight is 1500 g/mol. The fourth-order valence-corrected chi connectivity index (χ4v) is 13.3. The van der Waals surface area contributed by atoms with E-state index < -0.39 is 67.6 Å². The minimum absolute atomic E-state index is 0. The Hall–Kier alpha value is -12.6. The molecule has 11 rings (SSSR count). The largest absolute Gasteiger partial charge is 0.494 e. The molecule has 0 heterocycles. The number of nitrogens with one attached hydrogen (secondary N) is 2. The third kappa shape index (κ3) is 19.8. The van der Waals surface area contributed by atoms with Crippen molar-refractivity contribution in [2.75, 3.05) is 47.3 Å². The Labute approximate surface area is 627 Å². The number of anilines is 4. The van der Waals surface area contributed by atoms with Crippen LogP contribution in [0.1, 0.15) is 115 Å². The van der Waals surface area contributed by atoms with Gasteiger partial charge in [0, 0.05) is 24.3 Å². The summed E-state index contributed by atoms with van der Waals surface area (Å²) < 4.78 is 94.4. The summed E-state index contributed by atoms with van der Waals surface area (Å²) in [6, 6.07) is 55.9. The van der Waals surface area contributed by atoms with Gasteiger partial charge in [0.05, 0.1) is 92.3 Å². The molecule has 554 valence electrons. The highest BCUT2D eigenvalue weighted by molar-refractivity contribution is 7.92. The summed E-state index contributed by atoms with van der Waals surface area (Å²) >= 11 is 0. The molecule has 0 aliphatic heterocycles. The quantitative estimate of drug-likeness (QED) is 0.00957. The van der Waals surface area contributed by atoms with E-state index in [-0.39, 0.29) is 67.2 Å². The maximum absolute atomic E-state index is 15.6. The van der Waals surface area contributed by atoms with Crippen molar-refractivity contribution in [3.8, 4) is 68.2 Å². The topological polar surface area (TPSA) is 335 Å². The number of ether oxygens (including phenoxy) is 8. The van der Waals surface area contributed by atoms with Crippen LogP contribution in [0.4, 0.5) is 22.7 Å². The number of carbonyl (C=O) groups is 6. The molecule has 1 atom stereocenters. The van der Waals surface area contributed by atoms with E-state index in [2.05, 4.69) is 22.6 Å². The molecule has 0 amide bonds. The fraction of sp³-hybridized carbons (Fsp3) is 0.167. The summed E-state index contributed by atoms with van der Waals surface area (Å²) in [7, 11) is -6.58. The number of nitrogens with two attached hydrogens (primary N) is 2. The summed E-state index contributed by atoms with van der Waals surface area (Å²) in [5.74, 6) is -1.90. The first-order valence-corrected chi connectivity index (χ1v) is 37.0. The highest BCUT2D eigenvalue weighted by Crippen LogP contribution is 2.49. The third-order valence-electron chi connectivity index (χ3n) is 17.2. The van der Waals surface area contributed by atoms with E-state index in [4.69, 9.17) is 49.4 Å². The summed E-state index contributed by atoms with van der Waals surface area (Å²) in [5.41, 5.74) is 16.5. The Bertz CT molecular complexity index is 5080. The molecule has 108 heavy (non-hydrogen) atoms. The number of rotatable bonds is 34. The monoisotopic (exact) mass is 1490 g/mol. The molecule has 0 aromatic heterocycles. The summed E-state index contributed by atoms with van der Waals surface area (Å²) in [4.78, 5) is 80.1. The fourth-order valence-electron chi connectivity index (χ4n) is 11.4. The zero-order chi connectivity index (χ0) is 75.6. The first-order chi connectivity index (χ1) is 51.7. The van der Waals surface area contributed by atoms with Crippen molar-refractivity contribution in [2.24, 2.45) is 0 Å². The van der Waals surface area contributed by atoms with Crippen LogP contribution in [-0.4, -0.2) is 80.0 Å². The highest BCUT2D eigenvalue weighted by atomic mass is 32.2. The highest BCUT2D eigenvalue weighted by Gasteiger charge is 2.41. The average Bonchev–Trinajstić information content (AvgIpc) is 0.716. The molecule has 8 N–H and O–H groups in total. The predicted molar refractivity (Wildman–Crippen MR) is 412 cm³/mol. The lowest BCUT2D eigenvalue weighted by molar-refractivity contribution is -0.138. The van der Waals surface area contributed by atoms with Crippen molar-refractivity contribution >= 4 is 79.2 Å². The van der Waals surface area contributed by atoms with Crippen LogP contribution in [-0.2, 0) is 40.1 Å². The van der Waals surface area contributed by atoms with Crippen molar-refractivity contribution in [3.63, 3.8) is 0 Å². The van der Waals surface area contributed by atoms with Gasteiger partial charge in [-0.15, -0.1) is 0 Å². The molecular weight excluding hydrogens is 1420 g/mol. The first kappa shape index (κ1) is 78.0. The molecule has 10 aromatic carbocycles. The Morgan fingerprint density at radius 1 is 0.435 bits per heavy atom. The second-order valence-electron chi connectivity index (χ2n) is 24.8. The molecule has 0 fully saturated rings. The van der Waals surface area contributed by atoms with E-state index in [9.17, 15) is 31.8 Å². The zero-order valence-corrected chi connectivity index (χ0v) is 60.7. The number of carbonyl (C=O) groups excluding carboxylic acids is 6. The van der Waals surface area contributed by atoms with Crippen LogP contribution in [0.2, 0.25) is 0 Å². The lowest BCUT2D eigenvalue weighted by Gasteiger charge is -2.27. The summed E-state index contributed by atoms with van der Waals surface area (Å²) in [6.45, 7) is 12.1. The van der Waals surface area contributed by atoms with Crippen LogP contribution in [0.25, 0.3) is 22.3 Å². The van der Waals surface area contributed by atoms with Crippen molar-refractivity contribution in [1.29, 1.82) is 0 Å². The number of sulfonamides is 1. The van der Waals surface area contributed by atoms with Crippen molar-refractivity contribution in [1.82, 2.24) is 0 Å². The van der Waals surface area contributed by atoms with Crippen LogP contribution in [0.15, 0.2) is 241 Å². The molecule has 1 aliphatic carbocycles. The molecule has 0 spiro atoms. The van der Waals surface area contributed by atoms with Crippen molar-refractivity contribution < 1.29 is 84.8 Å². The molecular formula is C84H78N4O18S2. The normalized spacial score (nSPS) is 11.6. The van der Waals surface area contributed by atoms with Gasteiger partial charge in [0.25, 0.3) is 10.0 Å². The number of fused-ring (bicyclic) bond motifs is 2. The van der Waals surface area contributed by atoms with Gasteiger partial charge >= 0.3 is 23.9 Å². The molecule has 0 radical (unpaired) electrons. The minimum Gasteiger partial charge on any atom is -0.494 e. The van der Waals surface area contributed by atoms with E-state index in [1.54, 1.807) is 189 Å². The number of unbranched alkanes of at least 4 members (excludes halogenated alkanes) is 6. The van der Waals surface area contributed by atoms with E-state index in [0.29, 0.717) is 65.4 Å². The first-order valence-electron chi connectivity index (χ1n) is 34.3. The number of aryl methyl sites for hydroxylation is 2. The molecule has 1 unspecified atom stereocenters. The van der Waals surface area contributed by atoms with Crippen LogP contribution in [0.5, 0.6) is 46.0 Å². The van der Waals surface area contributed by atoms with Gasteiger partial charge in [-0.05, 0) is 209 Å². The Morgan fingerprint density at radius 2 is 0.778 bits per heavy atom. The smallest absolute Gasteiger partial charge is 0.343 e. The standard InChI is InChI=1S/C84H76N4O17S2.H2O/c1-5-73(89)100-49-13-9-7-11-47-98-61-31-27-59(28-32-61)83(93)104-65-39-23-57(24-40-65)55-19-35-63(36-20-55)102-71-51-69(87-106(95)67-43-15-53(3)16-44-67)75-77(79(71)85)82(92)78-76(81(75)91)70(88-107(96,97)68-45-17-54(4)18-46-68)52-72(80(78)86)103-64-37-21-56(22-38-64)58-25-41-66(42-26-58)105-84(94)60-29-33-62(34-30-60)99-48-12-8-10-14-50-101-74(90)6-2;/h5-6,15-46,51-52,87-88H,1-2,7-14,47-50,85-86H2,3-4H3;1H2. The lowest BCUT2D eigenvalue weighted by Crippen LogP contribution is -2.28. The van der Waals surface area contributed by atoms with Gasteiger partial charge in [-0.25, -0.2) is 31.8 Å². The van der Waals surface area contributed by atoms with Gasteiger partial charge in [-0.3, -0.25) is 14.3 Å². The second kappa shape index (κ2) is 36.4. The lowest BCUT2D eigenvalue weighted by atomic mass is 9.80. The summed E-state index contributed by atoms with van der Waals surface area (Å²) in [6.07, 6.45) is 8.94. The van der Waals surface area contributed by atoms with Gasteiger partial charge in [0.1, 0.15) is 45.5 Å². The number of hydrogen-bond donors (Lipinski definition) is 4. The zero-order valence-electron chi connectivity index (χ0n) is 59.1. The maximum Gasteiger partial charge on any atom is 0.343 e. The van der Waals surface area contributed by atoms with Crippen LogP contribution in [0, 0.1) is 13.8 Å². The maximum atomic E-state index is 15.6. The van der Waals surface area contributed by atoms with Crippen LogP contribution in [0.3, 0.4) is 0 Å². The van der Waals surface area contributed by atoms with E-state index >= 15 is 9.59 Å². The molecule has 22 nitrogen and oxygen atoms in total. The minimum atomic E-state index is -4.51. The number of hydrogen-bond acceptors (Lipinski definition) is 19. The van der Waals surface area contributed by atoms with Crippen LogP contribution >= 0.6 is 0 Å². The van der Waals surface area contributed by atoms with Gasteiger partial charge in [-0.1, -0.05) is 97.1 Å².